The molecule has 4 rings (SSSR count). The fraction of sp³-hybridized carbons (Fsp3) is 0.556. The van der Waals surface area contributed by atoms with E-state index in [1.54, 1.807) is 6.20 Å². The number of amides is 1. The lowest BCUT2D eigenvalue weighted by Gasteiger charge is -2.46. The van der Waals surface area contributed by atoms with Gasteiger partial charge in [0.05, 0.1) is 11.7 Å². The topological polar surface area (TPSA) is 67.1 Å². The van der Waals surface area contributed by atoms with Crippen molar-refractivity contribution >= 4 is 11.6 Å². The molecule has 2 aliphatic heterocycles. The van der Waals surface area contributed by atoms with Gasteiger partial charge in [0.2, 0.25) is 0 Å². The first kappa shape index (κ1) is 15.6. The second-order valence-electron chi connectivity index (χ2n) is 6.96. The Bertz CT molecular complexity index is 762. The minimum absolute atomic E-state index is 0.0449. The van der Waals surface area contributed by atoms with Crippen LogP contribution in [-0.4, -0.2) is 56.7 Å². The van der Waals surface area contributed by atoms with Gasteiger partial charge in [-0.15, -0.1) is 0 Å². The molecule has 0 radical (unpaired) electrons. The van der Waals surface area contributed by atoms with E-state index in [-0.39, 0.29) is 5.91 Å². The zero-order chi connectivity index (χ0) is 16.7. The Hall–Kier alpha value is -1.92. The predicted molar refractivity (Wildman–Crippen MR) is 89.0 cm³/mol. The van der Waals surface area contributed by atoms with Crippen molar-refractivity contribution in [3.8, 4) is 0 Å². The molecule has 1 amide bonds. The maximum absolute atomic E-state index is 12.8. The van der Waals surface area contributed by atoms with E-state index in [4.69, 9.17) is 4.74 Å². The predicted octanol–water partition coefficient (Wildman–Crippen LogP) is 1.79. The van der Waals surface area contributed by atoms with Crippen LogP contribution in [0.25, 0.3) is 5.65 Å². The average Bonchev–Trinajstić information content (AvgIpc) is 3.01. The summed E-state index contributed by atoms with van der Waals surface area (Å²) in [5, 5.41) is 10.3. The Morgan fingerprint density at radius 1 is 1.42 bits per heavy atom. The van der Waals surface area contributed by atoms with Gasteiger partial charge in [0.1, 0.15) is 11.3 Å². The van der Waals surface area contributed by atoms with E-state index in [1.807, 2.05) is 34.6 Å². The van der Waals surface area contributed by atoms with Crippen molar-refractivity contribution in [3.63, 3.8) is 0 Å². The Morgan fingerprint density at radius 3 is 2.96 bits per heavy atom. The van der Waals surface area contributed by atoms with Crippen LogP contribution in [-0.2, 0) is 4.74 Å². The monoisotopic (exact) mass is 329 g/mol. The Morgan fingerprint density at radius 2 is 2.21 bits per heavy atom. The number of pyridine rings is 1. The van der Waals surface area contributed by atoms with Crippen LogP contribution in [0.1, 0.15) is 41.7 Å². The molecular formula is C18H23N3O3. The van der Waals surface area contributed by atoms with E-state index in [0.29, 0.717) is 38.2 Å². The van der Waals surface area contributed by atoms with Crippen LogP contribution < -0.4 is 0 Å². The number of hydrogen-bond donors (Lipinski definition) is 1. The minimum atomic E-state index is -0.453. The van der Waals surface area contributed by atoms with Crippen LogP contribution in [0.3, 0.4) is 0 Å². The zero-order valence-corrected chi connectivity index (χ0v) is 13.9. The summed E-state index contributed by atoms with van der Waals surface area (Å²) >= 11 is 0. The highest BCUT2D eigenvalue weighted by atomic mass is 16.5. The van der Waals surface area contributed by atoms with Gasteiger partial charge in [-0.3, -0.25) is 4.79 Å². The number of fused-ring (bicyclic) bond motifs is 1. The normalized spacial score (nSPS) is 23.8. The van der Waals surface area contributed by atoms with Gasteiger partial charge in [0.15, 0.2) is 0 Å². The lowest BCUT2D eigenvalue weighted by Crippen LogP contribution is -2.56. The summed E-state index contributed by atoms with van der Waals surface area (Å²) in [6.45, 7) is 3.91. The summed E-state index contributed by atoms with van der Waals surface area (Å²) in [7, 11) is 0. The molecule has 2 aliphatic rings. The summed E-state index contributed by atoms with van der Waals surface area (Å²) < 4.78 is 7.78. The summed E-state index contributed by atoms with van der Waals surface area (Å²) in [4.78, 5) is 19.0. The number of aryl methyl sites for hydroxylation is 1. The fourth-order valence-electron chi connectivity index (χ4n) is 3.83. The van der Waals surface area contributed by atoms with Crippen LogP contribution in [0, 0.1) is 6.92 Å². The van der Waals surface area contributed by atoms with Crippen LogP contribution in [0.5, 0.6) is 0 Å². The number of aliphatic hydroxyl groups excluding tert-OH is 1. The quantitative estimate of drug-likeness (QED) is 0.866. The van der Waals surface area contributed by atoms with Gasteiger partial charge in [-0.25, -0.2) is 4.98 Å². The van der Waals surface area contributed by atoms with E-state index >= 15 is 0 Å². The second-order valence-corrected chi connectivity index (χ2v) is 6.96. The van der Waals surface area contributed by atoms with E-state index in [9.17, 15) is 9.90 Å². The number of hydrogen-bond acceptors (Lipinski definition) is 4. The van der Waals surface area contributed by atoms with Crippen molar-refractivity contribution in [2.24, 2.45) is 0 Å². The van der Waals surface area contributed by atoms with Crippen LogP contribution in [0.4, 0.5) is 0 Å². The molecule has 2 saturated heterocycles. The minimum Gasteiger partial charge on any atom is -0.390 e. The molecule has 24 heavy (non-hydrogen) atoms. The lowest BCUT2D eigenvalue weighted by atomic mass is 9.82. The summed E-state index contributed by atoms with van der Waals surface area (Å²) in [6, 6.07) is 3.96. The maximum Gasteiger partial charge on any atom is 0.274 e. The van der Waals surface area contributed by atoms with E-state index in [2.05, 4.69) is 4.98 Å². The molecule has 2 aromatic rings. The number of nitrogens with zero attached hydrogens (tertiary/aromatic N) is 3. The number of piperidine rings is 1. The molecule has 2 fully saturated rings. The summed E-state index contributed by atoms with van der Waals surface area (Å²) in [5.41, 5.74) is 1.93. The molecule has 6 nitrogen and oxygen atoms in total. The van der Waals surface area contributed by atoms with Gasteiger partial charge in [0, 0.05) is 32.1 Å². The zero-order valence-electron chi connectivity index (χ0n) is 13.9. The van der Waals surface area contributed by atoms with Crippen LogP contribution >= 0.6 is 0 Å². The number of rotatable bonds is 1. The van der Waals surface area contributed by atoms with Gasteiger partial charge >= 0.3 is 0 Å². The summed E-state index contributed by atoms with van der Waals surface area (Å²) in [5.74, 6) is -0.0449. The molecule has 128 valence electrons. The van der Waals surface area contributed by atoms with Crippen molar-refractivity contribution in [1.29, 1.82) is 0 Å². The SMILES string of the molecule is Cc1ccn2cc(C(=O)N3CCC4(CC3)OCCCC4O)nc2c1. The first-order chi connectivity index (χ1) is 11.6. The highest BCUT2D eigenvalue weighted by Gasteiger charge is 2.44. The number of aliphatic hydroxyl groups is 1. The molecule has 2 aromatic heterocycles. The van der Waals surface area contributed by atoms with Gasteiger partial charge < -0.3 is 19.1 Å². The van der Waals surface area contributed by atoms with Gasteiger partial charge in [-0.05, 0) is 50.3 Å². The first-order valence-electron chi connectivity index (χ1n) is 8.64. The van der Waals surface area contributed by atoms with Crippen molar-refractivity contribution in [2.75, 3.05) is 19.7 Å². The highest BCUT2D eigenvalue weighted by molar-refractivity contribution is 5.93. The van der Waals surface area contributed by atoms with Crippen molar-refractivity contribution in [3.05, 3.63) is 35.8 Å². The highest BCUT2D eigenvalue weighted by Crippen LogP contribution is 2.35. The summed E-state index contributed by atoms with van der Waals surface area (Å²) in [6.07, 6.45) is 6.37. The van der Waals surface area contributed by atoms with E-state index < -0.39 is 11.7 Å². The third-order valence-corrected chi connectivity index (χ3v) is 5.35. The number of imidazole rings is 1. The van der Waals surface area contributed by atoms with Gasteiger partial charge in [0.25, 0.3) is 5.91 Å². The molecule has 1 N–H and O–H groups in total. The molecule has 1 spiro atoms. The number of carbonyl (C=O) groups is 1. The molecule has 0 aromatic carbocycles. The molecule has 0 aliphatic carbocycles. The molecule has 0 saturated carbocycles. The van der Waals surface area contributed by atoms with Crippen molar-refractivity contribution in [1.82, 2.24) is 14.3 Å². The second kappa shape index (κ2) is 5.86. The Kier molecular flexibility index (Phi) is 3.81. The number of aromatic nitrogens is 2. The number of carbonyl (C=O) groups excluding carboxylic acids is 1. The molecule has 1 atom stereocenters. The largest absolute Gasteiger partial charge is 0.390 e. The van der Waals surface area contributed by atoms with Crippen molar-refractivity contribution in [2.45, 2.75) is 44.3 Å². The molecular weight excluding hydrogens is 306 g/mol. The average molecular weight is 329 g/mol. The smallest absolute Gasteiger partial charge is 0.274 e. The molecule has 0 bridgehead atoms. The third kappa shape index (κ3) is 2.59. The van der Waals surface area contributed by atoms with Crippen molar-refractivity contribution < 1.29 is 14.6 Å². The number of ether oxygens (including phenoxy) is 1. The van der Waals surface area contributed by atoms with E-state index in [0.717, 1.165) is 24.1 Å². The maximum atomic E-state index is 12.8. The molecule has 1 unspecified atom stereocenters. The Labute approximate surface area is 141 Å². The van der Waals surface area contributed by atoms with E-state index in [1.165, 1.54) is 0 Å². The first-order valence-corrected chi connectivity index (χ1v) is 8.64. The molecule has 4 heterocycles. The van der Waals surface area contributed by atoms with Gasteiger partial charge in [-0.2, -0.15) is 0 Å². The lowest BCUT2D eigenvalue weighted by molar-refractivity contribution is -0.174. The standard InChI is InChI=1S/C18H23N3O3/c1-13-4-7-21-12-14(19-16(21)11-13)17(23)20-8-5-18(6-9-20)15(22)3-2-10-24-18/h4,7,11-12,15,22H,2-3,5-6,8-10H2,1H3. The van der Waals surface area contributed by atoms with Crippen LogP contribution in [0.15, 0.2) is 24.5 Å². The molecule has 6 heteroatoms. The Balaban J connectivity index is 1.49. The third-order valence-electron chi connectivity index (χ3n) is 5.35. The van der Waals surface area contributed by atoms with Gasteiger partial charge in [-0.1, -0.05) is 0 Å². The fourth-order valence-corrected chi connectivity index (χ4v) is 3.83. The van der Waals surface area contributed by atoms with Crippen LogP contribution in [0.2, 0.25) is 0 Å². The number of likely N-dealkylation sites (tertiary alicyclic amines) is 1.